The summed E-state index contributed by atoms with van der Waals surface area (Å²) in [7, 11) is 0. The number of rotatable bonds is 6. The van der Waals surface area contributed by atoms with Crippen molar-refractivity contribution >= 4 is 11.3 Å². The average molecular weight is 242 g/mol. The van der Waals surface area contributed by atoms with Gasteiger partial charge in [0.05, 0.1) is 0 Å². The minimum Gasteiger partial charge on any atom is -0.389 e. The highest BCUT2D eigenvalue weighted by Crippen LogP contribution is 2.22. The molecule has 0 spiro atoms. The molecule has 0 aromatic heterocycles. The third-order valence-corrected chi connectivity index (χ3v) is 2.92. The molecule has 1 aromatic rings. The fourth-order valence-corrected chi connectivity index (χ4v) is 1.91. The van der Waals surface area contributed by atoms with Crippen molar-refractivity contribution in [2.24, 2.45) is 0 Å². The summed E-state index contributed by atoms with van der Waals surface area (Å²) in [5.41, 5.74) is 4.90. The molecule has 2 N–H and O–H groups in total. The maximum atomic E-state index is 7.88. The molecule has 0 saturated heterocycles. The van der Waals surface area contributed by atoms with Gasteiger partial charge in [-0.3, -0.25) is 0 Å². The SMILES string of the molecule is C=C(C/C(C(C)=N)=C(\C)NCC)c1ccccc1. The van der Waals surface area contributed by atoms with E-state index in [-0.39, 0.29) is 0 Å². The Balaban J connectivity index is 2.89. The molecule has 18 heavy (non-hydrogen) atoms. The molecule has 0 saturated carbocycles. The summed E-state index contributed by atoms with van der Waals surface area (Å²) in [4.78, 5) is 0. The van der Waals surface area contributed by atoms with E-state index in [9.17, 15) is 0 Å². The molecule has 0 fully saturated rings. The van der Waals surface area contributed by atoms with Crippen LogP contribution in [0.3, 0.4) is 0 Å². The van der Waals surface area contributed by atoms with Gasteiger partial charge in [0, 0.05) is 24.4 Å². The summed E-state index contributed by atoms with van der Waals surface area (Å²) in [6, 6.07) is 10.1. The zero-order chi connectivity index (χ0) is 13.5. The second kappa shape index (κ2) is 6.80. The van der Waals surface area contributed by atoms with E-state index in [0.29, 0.717) is 5.71 Å². The molecule has 96 valence electrons. The van der Waals surface area contributed by atoms with Crippen LogP contribution in [0.2, 0.25) is 0 Å². The van der Waals surface area contributed by atoms with Gasteiger partial charge in [0.15, 0.2) is 0 Å². The Labute approximate surface area is 110 Å². The fourth-order valence-electron chi connectivity index (χ4n) is 1.91. The van der Waals surface area contributed by atoms with Crippen LogP contribution < -0.4 is 5.32 Å². The fraction of sp³-hybridized carbons (Fsp3) is 0.312. The summed E-state index contributed by atoms with van der Waals surface area (Å²) < 4.78 is 0. The lowest BCUT2D eigenvalue weighted by Crippen LogP contribution is -2.15. The number of hydrogen-bond donors (Lipinski definition) is 2. The van der Waals surface area contributed by atoms with Crippen molar-refractivity contribution < 1.29 is 0 Å². The quantitative estimate of drug-likeness (QED) is 0.726. The smallest absolute Gasteiger partial charge is 0.0335 e. The van der Waals surface area contributed by atoms with Crippen molar-refractivity contribution in [1.82, 2.24) is 5.32 Å². The van der Waals surface area contributed by atoms with E-state index in [1.54, 1.807) is 0 Å². The second-order valence-corrected chi connectivity index (χ2v) is 4.41. The second-order valence-electron chi connectivity index (χ2n) is 4.41. The van der Waals surface area contributed by atoms with Gasteiger partial charge in [-0.05, 0) is 37.5 Å². The van der Waals surface area contributed by atoms with E-state index in [0.717, 1.165) is 35.4 Å². The predicted molar refractivity (Wildman–Crippen MR) is 79.9 cm³/mol. The molecule has 0 heterocycles. The maximum absolute atomic E-state index is 7.88. The molecule has 0 aliphatic rings. The lowest BCUT2D eigenvalue weighted by molar-refractivity contribution is 0.841. The van der Waals surface area contributed by atoms with E-state index in [4.69, 9.17) is 5.41 Å². The maximum Gasteiger partial charge on any atom is 0.0335 e. The van der Waals surface area contributed by atoms with Gasteiger partial charge in [0.2, 0.25) is 0 Å². The van der Waals surface area contributed by atoms with E-state index in [1.807, 2.05) is 32.0 Å². The summed E-state index contributed by atoms with van der Waals surface area (Å²) in [6.45, 7) is 10.9. The molecule has 0 aliphatic carbocycles. The van der Waals surface area contributed by atoms with Crippen LogP contribution in [0.25, 0.3) is 5.57 Å². The van der Waals surface area contributed by atoms with Crippen molar-refractivity contribution in [1.29, 1.82) is 5.41 Å². The van der Waals surface area contributed by atoms with Crippen molar-refractivity contribution in [3.63, 3.8) is 0 Å². The summed E-state index contributed by atoms with van der Waals surface area (Å²) in [5.74, 6) is 0. The molecule has 0 unspecified atom stereocenters. The third kappa shape index (κ3) is 3.88. The minimum atomic E-state index is 0.602. The zero-order valence-corrected chi connectivity index (χ0v) is 11.5. The molecule has 2 nitrogen and oxygen atoms in total. The molecule has 0 atom stereocenters. The Morgan fingerprint density at radius 2 is 1.83 bits per heavy atom. The molecule has 1 rings (SSSR count). The highest BCUT2D eigenvalue weighted by Gasteiger charge is 2.08. The summed E-state index contributed by atoms with van der Waals surface area (Å²) in [6.07, 6.45) is 0.720. The monoisotopic (exact) mass is 242 g/mol. The Kier molecular flexibility index (Phi) is 5.37. The first kappa shape index (κ1) is 14.2. The molecule has 0 aliphatic heterocycles. The first-order chi connectivity index (χ1) is 8.56. The number of benzene rings is 1. The lowest BCUT2D eigenvalue weighted by Gasteiger charge is -2.14. The Bertz CT molecular complexity index is 455. The van der Waals surface area contributed by atoms with Crippen LogP contribution >= 0.6 is 0 Å². The van der Waals surface area contributed by atoms with Gasteiger partial charge in [0.1, 0.15) is 0 Å². The van der Waals surface area contributed by atoms with Gasteiger partial charge >= 0.3 is 0 Å². The molecule has 2 heteroatoms. The Morgan fingerprint density at radius 1 is 1.22 bits per heavy atom. The van der Waals surface area contributed by atoms with Crippen LogP contribution in [0.5, 0.6) is 0 Å². The first-order valence-corrected chi connectivity index (χ1v) is 6.28. The van der Waals surface area contributed by atoms with Gasteiger partial charge in [-0.1, -0.05) is 36.9 Å². The minimum absolute atomic E-state index is 0.602. The normalized spacial score (nSPS) is 11.7. The molecule has 0 amide bonds. The van der Waals surface area contributed by atoms with Gasteiger partial charge in [-0.2, -0.15) is 0 Å². The van der Waals surface area contributed by atoms with E-state index >= 15 is 0 Å². The lowest BCUT2D eigenvalue weighted by atomic mass is 9.96. The van der Waals surface area contributed by atoms with Crippen molar-refractivity contribution in [3.05, 3.63) is 53.7 Å². The van der Waals surface area contributed by atoms with Gasteiger partial charge in [-0.25, -0.2) is 0 Å². The van der Waals surface area contributed by atoms with Crippen LogP contribution in [-0.2, 0) is 0 Å². The molecule has 0 bridgehead atoms. The topological polar surface area (TPSA) is 35.9 Å². The zero-order valence-electron chi connectivity index (χ0n) is 11.5. The van der Waals surface area contributed by atoms with Crippen molar-refractivity contribution in [2.45, 2.75) is 27.2 Å². The number of allylic oxidation sites excluding steroid dienone is 3. The Morgan fingerprint density at radius 3 is 2.33 bits per heavy atom. The van der Waals surface area contributed by atoms with Crippen molar-refractivity contribution in [2.75, 3.05) is 6.54 Å². The van der Waals surface area contributed by atoms with Crippen LogP contribution in [0.4, 0.5) is 0 Å². The molecular weight excluding hydrogens is 220 g/mol. The number of nitrogens with one attached hydrogen (secondary N) is 2. The molecule has 1 aromatic carbocycles. The van der Waals surface area contributed by atoms with Gasteiger partial charge in [0.25, 0.3) is 0 Å². The summed E-state index contributed by atoms with van der Waals surface area (Å²) >= 11 is 0. The number of hydrogen-bond acceptors (Lipinski definition) is 2. The standard InChI is InChI=1S/C16H22N2/c1-5-18-14(4)16(13(3)17)11-12(2)15-9-7-6-8-10-15/h6-10,17-18H,2,5,11H2,1,3-4H3/b16-14-,17-13?. The van der Waals surface area contributed by atoms with E-state index in [1.165, 1.54) is 0 Å². The highest BCUT2D eigenvalue weighted by molar-refractivity contribution is 5.98. The van der Waals surface area contributed by atoms with Crippen molar-refractivity contribution in [3.8, 4) is 0 Å². The molecule has 0 radical (unpaired) electrons. The van der Waals surface area contributed by atoms with E-state index in [2.05, 4.69) is 31.0 Å². The van der Waals surface area contributed by atoms with Gasteiger partial charge < -0.3 is 10.7 Å². The van der Waals surface area contributed by atoms with Crippen LogP contribution in [0.1, 0.15) is 32.8 Å². The molecular formula is C16H22N2. The first-order valence-electron chi connectivity index (χ1n) is 6.28. The highest BCUT2D eigenvalue weighted by atomic mass is 14.9. The van der Waals surface area contributed by atoms with Crippen LogP contribution in [0, 0.1) is 5.41 Å². The van der Waals surface area contributed by atoms with Crippen LogP contribution in [-0.4, -0.2) is 12.3 Å². The van der Waals surface area contributed by atoms with E-state index < -0.39 is 0 Å². The Hall–Kier alpha value is -1.83. The largest absolute Gasteiger partial charge is 0.389 e. The van der Waals surface area contributed by atoms with Gasteiger partial charge in [-0.15, -0.1) is 0 Å². The average Bonchev–Trinajstić information content (AvgIpc) is 2.36. The third-order valence-electron chi connectivity index (χ3n) is 2.92. The van der Waals surface area contributed by atoms with Crippen LogP contribution in [0.15, 0.2) is 48.2 Å². The summed E-state index contributed by atoms with van der Waals surface area (Å²) in [5, 5.41) is 11.2. The predicted octanol–water partition coefficient (Wildman–Crippen LogP) is 4.01.